The molecule has 0 fully saturated rings. The predicted molar refractivity (Wildman–Crippen MR) is 65.5 cm³/mol. The average Bonchev–Trinajstić information content (AvgIpc) is 2.13. The first-order valence-electron chi connectivity index (χ1n) is 6.52. The van der Waals surface area contributed by atoms with Crippen molar-refractivity contribution in [3.8, 4) is 0 Å². The molecule has 0 saturated carbocycles. The topological polar surface area (TPSA) is 0 Å². The number of hydrogen-bond acceptors (Lipinski definition) is 0. The van der Waals surface area contributed by atoms with Gasteiger partial charge in [-0.05, 0) is 25.7 Å². The molecule has 1 nitrogen and oxygen atoms in total. The van der Waals surface area contributed by atoms with E-state index >= 15 is 0 Å². The van der Waals surface area contributed by atoms with Gasteiger partial charge in [0.25, 0.3) is 0 Å². The van der Waals surface area contributed by atoms with Crippen molar-refractivity contribution in [1.29, 1.82) is 0 Å². The van der Waals surface area contributed by atoms with Crippen molar-refractivity contribution >= 4 is 0 Å². The zero-order valence-electron chi connectivity index (χ0n) is 10.8. The van der Waals surface area contributed by atoms with Crippen LogP contribution in [-0.4, -0.2) is 31.2 Å². The molecule has 0 aliphatic rings. The van der Waals surface area contributed by atoms with Crippen molar-refractivity contribution in [2.24, 2.45) is 0 Å². The normalized spacial score (nSPS) is 12.0. The van der Waals surface area contributed by atoms with Gasteiger partial charge in [-0.15, -0.1) is 0 Å². The van der Waals surface area contributed by atoms with Gasteiger partial charge >= 0.3 is 0 Å². The first-order valence-corrected chi connectivity index (χ1v) is 6.52. The summed E-state index contributed by atoms with van der Waals surface area (Å²) >= 11 is 0. The van der Waals surface area contributed by atoms with Crippen LogP contribution in [0.15, 0.2) is 0 Å². The van der Waals surface area contributed by atoms with E-state index < -0.39 is 0 Å². The highest BCUT2D eigenvalue weighted by molar-refractivity contribution is 4.43. The molecular weight excluding hydrogens is 170 g/mol. The molecule has 0 amide bonds. The van der Waals surface area contributed by atoms with Gasteiger partial charge in [0.2, 0.25) is 0 Å². The molecule has 86 valence electrons. The molecule has 0 aliphatic carbocycles. The molecule has 0 atom stereocenters. The Morgan fingerprint density at radius 3 is 1.64 bits per heavy atom. The van der Waals surface area contributed by atoms with Gasteiger partial charge in [0.15, 0.2) is 0 Å². The van der Waals surface area contributed by atoms with E-state index in [-0.39, 0.29) is 0 Å². The van der Waals surface area contributed by atoms with E-state index in [2.05, 4.69) is 27.8 Å². The second-order valence-electron chi connectivity index (χ2n) is 4.85. The first-order chi connectivity index (χ1) is 6.68. The van der Waals surface area contributed by atoms with Gasteiger partial charge in [-0.3, -0.25) is 0 Å². The molecular formula is C13H30N+. The number of nitrogens with zero attached hydrogens (tertiary/aromatic N) is 1. The van der Waals surface area contributed by atoms with Crippen molar-refractivity contribution in [2.45, 2.75) is 59.3 Å². The smallest absolute Gasteiger partial charge is 0.0784 e. The lowest BCUT2D eigenvalue weighted by Crippen LogP contribution is -2.45. The summed E-state index contributed by atoms with van der Waals surface area (Å²) in [6.45, 7) is 11.0. The lowest BCUT2D eigenvalue weighted by molar-refractivity contribution is -0.909. The fourth-order valence-corrected chi connectivity index (χ4v) is 2.34. The zero-order chi connectivity index (χ0) is 10.9. The molecule has 0 spiro atoms. The quantitative estimate of drug-likeness (QED) is 0.392. The summed E-state index contributed by atoms with van der Waals surface area (Å²) in [5.74, 6) is 0. The second-order valence-corrected chi connectivity index (χ2v) is 4.85. The highest BCUT2D eigenvalue weighted by Gasteiger charge is 2.17. The van der Waals surface area contributed by atoms with Crippen LogP contribution in [0.1, 0.15) is 59.3 Å². The van der Waals surface area contributed by atoms with Crippen molar-refractivity contribution < 1.29 is 4.48 Å². The molecule has 0 aromatic carbocycles. The molecule has 0 rings (SSSR count). The fraction of sp³-hybridized carbons (Fsp3) is 1.00. The third-order valence-electron chi connectivity index (χ3n) is 3.08. The van der Waals surface area contributed by atoms with Gasteiger partial charge in [-0.2, -0.15) is 0 Å². The summed E-state index contributed by atoms with van der Waals surface area (Å²) in [5.41, 5.74) is 0. The summed E-state index contributed by atoms with van der Waals surface area (Å²) in [6, 6.07) is 0. The second kappa shape index (κ2) is 8.28. The molecule has 0 bridgehead atoms. The van der Waals surface area contributed by atoms with Crippen LogP contribution in [0.4, 0.5) is 0 Å². The van der Waals surface area contributed by atoms with Crippen LogP contribution in [0.3, 0.4) is 0 Å². The third kappa shape index (κ3) is 6.42. The van der Waals surface area contributed by atoms with E-state index in [9.17, 15) is 0 Å². The largest absolute Gasteiger partial charge is 0.326 e. The van der Waals surface area contributed by atoms with Crippen molar-refractivity contribution in [3.63, 3.8) is 0 Å². The Morgan fingerprint density at radius 1 is 0.643 bits per heavy atom. The van der Waals surface area contributed by atoms with E-state index in [1.165, 1.54) is 62.6 Å². The van der Waals surface area contributed by atoms with Crippen LogP contribution in [0.5, 0.6) is 0 Å². The third-order valence-corrected chi connectivity index (χ3v) is 3.08. The summed E-state index contributed by atoms with van der Waals surface area (Å²) in [6.07, 6.45) is 8.26. The number of quaternary nitrogens is 1. The Kier molecular flexibility index (Phi) is 8.26. The lowest BCUT2D eigenvalue weighted by atomic mass is 10.1. The van der Waals surface area contributed by atoms with E-state index in [0.29, 0.717) is 0 Å². The van der Waals surface area contributed by atoms with Gasteiger partial charge in [0.1, 0.15) is 0 Å². The maximum absolute atomic E-state index is 2.43. The SMILES string of the molecule is CCCCCC[N+](C)(CCC)CCC. The van der Waals surface area contributed by atoms with E-state index in [1.807, 2.05) is 0 Å². The maximum Gasteiger partial charge on any atom is 0.0784 e. The molecule has 0 aromatic rings. The molecule has 0 saturated heterocycles. The number of hydrogen-bond donors (Lipinski definition) is 0. The summed E-state index contributed by atoms with van der Waals surface area (Å²) in [5, 5.41) is 0. The fourth-order valence-electron chi connectivity index (χ4n) is 2.34. The minimum absolute atomic E-state index is 1.30. The van der Waals surface area contributed by atoms with E-state index in [4.69, 9.17) is 0 Å². The van der Waals surface area contributed by atoms with Crippen LogP contribution in [-0.2, 0) is 0 Å². The molecule has 0 heterocycles. The van der Waals surface area contributed by atoms with Crippen molar-refractivity contribution in [2.75, 3.05) is 26.7 Å². The molecule has 0 unspecified atom stereocenters. The van der Waals surface area contributed by atoms with Gasteiger partial charge < -0.3 is 4.48 Å². The van der Waals surface area contributed by atoms with Crippen molar-refractivity contribution in [3.05, 3.63) is 0 Å². The van der Waals surface area contributed by atoms with Gasteiger partial charge in [0, 0.05) is 0 Å². The van der Waals surface area contributed by atoms with Crippen LogP contribution in [0, 0.1) is 0 Å². The van der Waals surface area contributed by atoms with Crippen LogP contribution >= 0.6 is 0 Å². The molecule has 0 aromatic heterocycles. The van der Waals surface area contributed by atoms with E-state index in [1.54, 1.807) is 0 Å². The lowest BCUT2D eigenvalue weighted by Gasteiger charge is -2.34. The summed E-state index contributed by atoms with van der Waals surface area (Å²) in [4.78, 5) is 0. The highest BCUT2D eigenvalue weighted by Crippen LogP contribution is 2.10. The Labute approximate surface area is 91.1 Å². The average molecular weight is 200 g/mol. The first kappa shape index (κ1) is 14.0. The Bertz CT molecular complexity index is 114. The predicted octanol–water partition coefficient (Wildman–Crippen LogP) is 3.83. The summed E-state index contributed by atoms with van der Waals surface area (Å²) < 4.78 is 1.30. The Hall–Kier alpha value is -0.0400. The molecule has 0 N–H and O–H groups in total. The minimum atomic E-state index is 1.30. The van der Waals surface area contributed by atoms with Crippen LogP contribution in [0.2, 0.25) is 0 Å². The van der Waals surface area contributed by atoms with Crippen molar-refractivity contribution in [1.82, 2.24) is 0 Å². The molecule has 0 radical (unpaired) electrons. The standard InChI is InChI=1S/C13H30N/c1-5-8-9-10-13-14(4,11-6-2)12-7-3/h5-13H2,1-4H3/q+1. The maximum atomic E-state index is 2.43. The highest BCUT2D eigenvalue weighted by atomic mass is 15.3. The molecule has 14 heavy (non-hydrogen) atoms. The van der Waals surface area contributed by atoms with Gasteiger partial charge in [-0.25, -0.2) is 0 Å². The van der Waals surface area contributed by atoms with Gasteiger partial charge in [0.05, 0.1) is 26.7 Å². The molecule has 0 aliphatic heterocycles. The number of unbranched alkanes of at least 4 members (excludes halogenated alkanes) is 3. The Balaban J connectivity index is 3.71. The summed E-state index contributed by atoms with van der Waals surface area (Å²) in [7, 11) is 2.43. The van der Waals surface area contributed by atoms with Gasteiger partial charge in [-0.1, -0.05) is 33.6 Å². The van der Waals surface area contributed by atoms with Crippen LogP contribution in [0.25, 0.3) is 0 Å². The van der Waals surface area contributed by atoms with E-state index in [0.717, 1.165) is 0 Å². The minimum Gasteiger partial charge on any atom is -0.326 e. The Morgan fingerprint density at radius 2 is 1.21 bits per heavy atom. The number of rotatable bonds is 9. The van der Waals surface area contributed by atoms with Crippen LogP contribution < -0.4 is 0 Å². The monoisotopic (exact) mass is 200 g/mol. The molecule has 1 heteroatoms. The zero-order valence-corrected chi connectivity index (χ0v) is 10.8.